The number of anilines is 2. The number of rotatable bonds is 7. The highest BCUT2D eigenvalue weighted by Crippen LogP contribution is 2.14. The maximum Gasteiger partial charge on any atom is 0.158 e. The van der Waals surface area contributed by atoms with Crippen molar-refractivity contribution in [3.8, 4) is 5.82 Å². The largest absolute Gasteiger partial charge is 0.372 e. The summed E-state index contributed by atoms with van der Waals surface area (Å²) in [6, 6.07) is 10.1. The van der Waals surface area contributed by atoms with Crippen molar-refractivity contribution in [1.29, 1.82) is 0 Å². The van der Waals surface area contributed by atoms with E-state index in [-0.39, 0.29) is 0 Å². The fourth-order valence-corrected chi connectivity index (χ4v) is 2.60. The van der Waals surface area contributed by atoms with Crippen LogP contribution >= 0.6 is 0 Å². The minimum absolute atomic E-state index is 0.610. The Kier molecular flexibility index (Phi) is 5.58. The lowest BCUT2D eigenvalue weighted by atomic mass is 10.2. The van der Waals surface area contributed by atoms with Crippen molar-refractivity contribution in [2.24, 2.45) is 5.10 Å². The van der Waals surface area contributed by atoms with Crippen LogP contribution in [0, 0.1) is 6.92 Å². The third-order valence-electron chi connectivity index (χ3n) is 4.01. The van der Waals surface area contributed by atoms with E-state index in [2.05, 4.69) is 68.6 Å². The molecule has 0 aliphatic carbocycles. The highest BCUT2D eigenvalue weighted by atomic mass is 15.3. The van der Waals surface area contributed by atoms with Crippen LogP contribution in [0.25, 0.3) is 5.82 Å². The molecule has 0 atom stereocenters. The molecule has 0 amide bonds. The lowest BCUT2D eigenvalue weighted by molar-refractivity contribution is 0.839. The van der Waals surface area contributed by atoms with Crippen molar-refractivity contribution in [2.45, 2.75) is 20.8 Å². The summed E-state index contributed by atoms with van der Waals surface area (Å²) >= 11 is 0. The molecule has 26 heavy (non-hydrogen) atoms. The molecular weight excluding hydrogens is 326 g/mol. The Morgan fingerprint density at radius 1 is 1.15 bits per heavy atom. The predicted octanol–water partition coefficient (Wildman–Crippen LogP) is 3.26. The molecule has 2 aromatic heterocycles. The molecule has 0 aliphatic heterocycles. The molecule has 3 aromatic rings. The summed E-state index contributed by atoms with van der Waals surface area (Å²) in [6.07, 6.45) is 6.96. The average molecular weight is 349 g/mol. The van der Waals surface area contributed by atoms with E-state index in [0.29, 0.717) is 11.6 Å². The number of benzene rings is 1. The van der Waals surface area contributed by atoms with Gasteiger partial charge in [-0.3, -0.25) is 5.43 Å². The number of hydrogen-bond donors (Lipinski definition) is 1. The maximum absolute atomic E-state index is 4.26. The van der Waals surface area contributed by atoms with Crippen LogP contribution < -0.4 is 10.3 Å². The van der Waals surface area contributed by atoms with E-state index in [4.69, 9.17) is 0 Å². The summed E-state index contributed by atoms with van der Waals surface area (Å²) in [7, 11) is 0. The van der Waals surface area contributed by atoms with Crippen LogP contribution in [0.15, 0.2) is 54.2 Å². The zero-order valence-electron chi connectivity index (χ0n) is 15.3. The van der Waals surface area contributed by atoms with E-state index in [9.17, 15) is 0 Å². The fraction of sp³-hybridized carbons (Fsp3) is 0.263. The van der Waals surface area contributed by atoms with Crippen LogP contribution in [0.1, 0.15) is 25.0 Å². The van der Waals surface area contributed by atoms with Crippen LogP contribution in [-0.2, 0) is 0 Å². The van der Waals surface area contributed by atoms with Gasteiger partial charge in [-0.25, -0.2) is 14.6 Å². The van der Waals surface area contributed by atoms with Gasteiger partial charge in [0.1, 0.15) is 6.33 Å². The molecule has 3 rings (SSSR count). The van der Waals surface area contributed by atoms with Gasteiger partial charge in [0.2, 0.25) is 0 Å². The normalized spacial score (nSPS) is 11.0. The molecular formula is C19H23N7. The number of hydrogen-bond acceptors (Lipinski definition) is 6. The molecule has 2 heterocycles. The van der Waals surface area contributed by atoms with Gasteiger partial charge in [0.25, 0.3) is 0 Å². The molecule has 0 aliphatic rings. The molecule has 7 heteroatoms. The maximum atomic E-state index is 4.26. The van der Waals surface area contributed by atoms with Crippen molar-refractivity contribution in [1.82, 2.24) is 19.7 Å². The number of aryl methyl sites for hydroxylation is 1. The molecule has 0 saturated carbocycles. The van der Waals surface area contributed by atoms with Gasteiger partial charge in [0, 0.05) is 31.0 Å². The second-order valence-corrected chi connectivity index (χ2v) is 5.86. The molecule has 1 aromatic carbocycles. The lowest BCUT2D eigenvalue weighted by Gasteiger charge is -2.20. The Morgan fingerprint density at radius 3 is 2.58 bits per heavy atom. The first kappa shape index (κ1) is 17.6. The smallest absolute Gasteiger partial charge is 0.158 e. The van der Waals surface area contributed by atoms with E-state index >= 15 is 0 Å². The topological polar surface area (TPSA) is 71.2 Å². The molecule has 0 unspecified atom stereocenters. The molecule has 134 valence electrons. The Labute approximate surface area is 153 Å². The summed E-state index contributed by atoms with van der Waals surface area (Å²) < 4.78 is 1.71. The van der Waals surface area contributed by atoms with Crippen molar-refractivity contribution in [2.75, 3.05) is 23.4 Å². The summed E-state index contributed by atoms with van der Waals surface area (Å²) in [5.74, 6) is 1.30. The standard InChI is InChI=1S/C19H23N7/c1-4-25(5-2)17-8-6-16(7-9-17)12-22-24-18-10-19(21-14-20-18)26-13-15(3)11-23-26/h6-14H,4-5H2,1-3H3,(H,20,21,24). The molecule has 0 saturated heterocycles. The second kappa shape index (κ2) is 8.24. The van der Waals surface area contributed by atoms with E-state index in [1.165, 1.54) is 12.0 Å². The van der Waals surface area contributed by atoms with Gasteiger partial charge >= 0.3 is 0 Å². The van der Waals surface area contributed by atoms with Crippen LogP contribution in [0.5, 0.6) is 0 Å². The Balaban J connectivity index is 1.65. The zero-order valence-corrected chi connectivity index (χ0v) is 15.3. The SMILES string of the molecule is CCN(CC)c1ccc(C=NNc2cc(-n3cc(C)cn3)ncn2)cc1. The van der Waals surface area contributed by atoms with Crippen molar-refractivity contribution < 1.29 is 0 Å². The van der Waals surface area contributed by atoms with Crippen molar-refractivity contribution >= 4 is 17.7 Å². The molecule has 0 spiro atoms. The molecule has 0 bridgehead atoms. The molecule has 0 radical (unpaired) electrons. The zero-order chi connectivity index (χ0) is 18.4. The van der Waals surface area contributed by atoms with E-state index in [1.807, 2.05) is 13.1 Å². The van der Waals surface area contributed by atoms with Gasteiger partial charge in [0.05, 0.1) is 12.4 Å². The van der Waals surface area contributed by atoms with Crippen LogP contribution in [0.3, 0.4) is 0 Å². The first-order chi connectivity index (χ1) is 12.7. The van der Waals surface area contributed by atoms with E-state index < -0.39 is 0 Å². The monoisotopic (exact) mass is 349 g/mol. The summed E-state index contributed by atoms with van der Waals surface area (Å²) in [6.45, 7) is 8.29. The second-order valence-electron chi connectivity index (χ2n) is 5.86. The van der Waals surface area contributed by atoms with Gasteiger partial charge < -0.3 is 4.90 Å². The number of aromatic nitrogens is 4. The summed E-state index contributed by atoms with van der Waals surface area (Å²) in [4.78, 5) is 10.7. The third kappa shape index (κ3) is 4.24. The number of nitrogens with zero attached hydrogens (tertiary/aromatic N) is 6. The van der Waals surface area contributed by atoms with Gasteiger partial charge in [-0.15, -0.1) is 0 Å². The predicted molar refractivity (Wildman–Crippen MR) is 105 cm³/mol. The van der Waals surface area contributed by atoms with Crippen LogP contribution in [-0.4, -0.2) is 39.1 Å². The van der Waals surface area contributed by atoms with Crippen LogP contribution in [0.2, 0.25) is 0 Å². The molecule has 7 nitrogen and oxygen atoms in total. The van der Waals surface area contributed by atoms with Crippen molar-refractivity contribution in [3.63, 3.8) is 0 Å². The number of nitrogens with one attached hydrogen (secondary N) is 1. The average Bonchev–Trinajstić information content (AvgIpc) is 3.11. The first-order valence-electron chi connectivity index (χ1n) is 8.67. The Bertz CT molecular complexity index is 864. The minimum atomic E-state index is 0.610. The highest BCUT2D eigenvalue weighted by molar-refractivity contribution is 5.80. The quantitative estimate of drug-likeness (QED) is 0.524. The van der Waals surface area contributed by atoms with Gasteiger partial charge in [-0.05, 0) is 44.0 Å². The highest BCUT2D eigenvalue weighted by Gasteiger charge is 2.02. The van der Waals surface area contributed by atoms with Crippen LogP contribution in [0.4, 0.5) is 11.5 Å². The third-order valence-corrected chi connectivity index (χ3v) is 4.01. The summed E-state index contributed by atoms with van der Waals surface area (Å²) in [5, 5.41) is 8.51. The molecule has 0 fully saturated rings. The Hall–Kier alpha value is -3.22. The van der Waals surface area contributed by atoms with E-state index in [1.54, 1.807) is 23.2 Å². The fourth-order valence-electron chi connectivity index (χ4n) is 2.60. The van der Waals surface area contributed by atoms with E-state index in [0.717, 1.165) is 24.2 Å². The lowest BCUT2D eigenvalue weighted by Crippen LogP contribution is -2.21. The van der Waals surface area contributed by atoms with Crippen molar-refractivity contribution in [3.05, 3.63) is 60.2 Å². The van der Waals surface area contributed by atoms with Gasteiger partial charge in [-0.1, -0.05) is 12.1 Å². The molecule has 1 N–H and O–H groups in total. The summed E-state index contributed by atoms with van der Waals surface area (Å²) in [5.41, 5.74) is 6.25. The van der Waals surface area contributed by atoms with Gasteiger partial charge in [0.15, 0.2) is 11.6 Å². The number of hydrazone groups is 1. The Morgan fingerprint density at radius 2 is 1.92 bits per heavy atom. The first-order valence-corrected chi connectivity index (χ1v) is 8.67. The van der Waals surface area contributed by atoms with Gasteiger partial charge in [-0.2, -0.15) is 10.2 Å². The minimum Gasteiger partial charge on any atom is -0.372 e.